The molecule has 1 saturated heterocycles. The van der Waals surface area contributed by atoms with Gasteiger partial charge in [-0.2, -0.15) is 0 Å². The zero-order valence-corrected chi connectivity index (χ0v) is 9.45. The third-order valence-corrected chi connectivity index (χ3v) is 2.95. The van der Waals surface area contributed by atoms with Crippen LogP contribution in [0.15, 0.2) is 18.2 Å². The van der Waals surface area contributed by atoms with E-state index in [2.05, 4.69) is 4.90 Å². The molecular weight excluding hydrogens is 207 g/mol. The Kier molecular flexibility index (Phi) is 3.41. The third kappa shape index (κ3) is 2.51. The summed E-state index contributed by atoms with van der Waals surface area (Å²) in [5.74, 6) is 0.515. The number of rotatable bonds is 3. The Balaban J connectivity index is 2.10. The highest BCUT2D eigenvalue weighted by Crippen LogP contribution is 2.22. The summed E-state index contributed by atoms with van der Waals surface area (Å²) in [4.78, 5) is 2.22. The van der Waals surface area contributed by atoms with Crippen LogP contribution in [0.25, 0.3) is 0 Å². The number of nitrogens with two attached hydrogens (primary N) is 1. The van der Waals surface area contributed by atoms with Crippen molar-refractivity contribution in [3.05, 3.63) is 29.6 Å². The second-order valence-electron chi connectivity index (χ2n) is 4.24. The molecule has 1 heterocycles. The Labute approximate surface area is 95.0 Å². The van der Waals surface area contributed by atoms with Crippen LogP contribution in [0.5, 0.6) is 5.75 Å². The fourth-order valence-corrected chi connectivity index (χ4v) is 2.12. The van der Waals surface area contributed by atoms with E-state index in [9.17, 15) is 4.39 Å². The number of hydrogen-bond acceptors (Lipinski definition) is 3. The summed E-state index contributed by atoms with van der Waals surface area (Å²) >= 11 is 0. The predicted molar refractivity (Wildman–Crippen MR) is 60.8 cm³/mol. The zero-order chi connectivity index (χ0) is 11.5. The van der Waals surface area contributed by atoms with Gasteiger partial charge in [0.25, 0.3) is 0 Å². The lowest BCUT2D eigenvalue weighted by Gasteiger charge is -2.17. The van der Waals surface area contributed by atoms with E-state index in [1.54, 1.807) is 13.2 Å². The van der Waals surface area contributed by atoms with Crippen molar-refractivity contribution in [3.63, 3.8) is 0 Å². The standard InChI is InChI=1S/C12H17FN2O/c1-16-12-3-2-10(13)6-9(12)7-15-5-4-11(14)8-15/h2-3,6,11H,4-5,7-8,14H2,1H3. The molecule has 2 N–H and O–H groups in total. The molecule has 1 aromatic carbocycles. The average Bonchev–Trinajstić information content (AvgIpc) is 2.64. The molecule has 0 amide bonds. The SMILES string of the molecule is COc1ccc(F)cc1CN1CCC(N)C1. The molecule has 1 aliphatic heterocycles. The summed E-state index contributed by atoms with van der Waals surface area (Å²) in [5.41, 5.74) is 6.72. The van der Waals surface area contributed by atoms with Gasteiger partial charge in [-0.05, 0) is 24.6 Å². The molecule has 4 heteroatoms. The molecule has 0 spiro atoms. The summed E-state index contributed by atoms with van der Waals surface area (Å²) < 4.78 is 18.3. The summed E-state index contributed by atoms with van der Waals surface area (Å²) in [6.45, 7) is 2.55. The van der Waals surface area contributed by atoms with Gasteiger partial charge < -0.3 is 10.5 Å². The molecule has 0 aliphatic carbocycles. The maximum Gasteiger partial charge on any atom is 0.123 e. The number of benzene rings is 1. The largest absolute Gasteiger partial charge is 0.496 e. The highest BCUT2D eigenvalue weighted by Gasteiger charge is 2.20. The minimum atomic E-state index is -0.223. The van der Waals surface area contributed by atoms with E-state index in [0.717, 1.165) is 30.8 Å². The van der Waals surface area contributed by atoms with E-state index < -0.39 is 0 Å². The minimum absolute atomic E-state index is 0.223. The van der Waals surface area contributed by atoms with Gasteiger partial charge in [0.05, 0.1) is 7.11 Å². The monoisotopic (exact) mass is 224 g/mol. The van der Waals surface area contributed by atoms with Crippen molar-refractivity contribution >= 4 is 0 Å². The quantitative estimate of drug-likeness (QED) is 0.842. The lowest BCUT2D eigenvalue weighted by atomic mass is 10.2. The molecule has 1 fully saturated rings. The van der Waals surface area contributed by atoms with Gasteiger partial charge in [0.1, 0.15) is 11.6 Å². The first-order valence-corrected chi connectivity index (χ1v) is 5.49. The summed E-state index contributed by atoms with van der Waals surface area (Å²) in [7, 11) is 1.60. The van der Waals surface area contributed by atoms with Crippen molar-refractivity contribution in [2.75, 3.05) is 20.2 Å². The molecule has 0 saturated carbocycles. The number of halogens is 1. The fourth-order valence-electron chi connectivity index (χ4n) is 2.12. The minimum Gasteiger partial charge on any atom is -0.496 e. The van der Waals surface area contributed by atoms with Gasteiger partial charge in [0.2, 0.25) is 0 Å². The van der Waals surface area contributed by atoms with Crippen molar-refractivity contribution in [2.45, 2.75) is 19.0 Å². The van der Waals surface area contributed by atoms with Gasteiger partial charge in [-0.15, -0.1) is 0 Å². The van der Waals surface area contributed by atoms with Crippen LogP contribution < -0.4 is 10.5 Å². The lowest BCUT2D eigenvalue weighted by Crippen LogP contribution is -2.26. The normalized spacial score (nSPS) is 21.3. The molecule has 16 heavy (non-hydrogen) atoms. The predicted octanol–water partition coefficient (Wildman–Crippen LogP) is 1.37. The second kappa shape index (κ2) is 4.80. The van der Waals surface area contributed by atoms with E-state index in [1.165, 1.54) is 12.1 Å². The van der Waals surface area contributed by atoms with E-state index in [0.29, 0.717) is 6.54 Å². The van der Waals surface area contributed by atoms with E-state index in [1.807, 2.05) is 0 Å². The zero-order valence-electron chi connectivity index (χ0n) is 9.45. The molecule has 3 nitrogen and oxygen atoms in total. The highest BCUT2D eigenvalue weighted by molar-refractivity contribution is 5.33. The molecule has 88 valence electrons. The number of hydrogen-bond donors (Lipinski definition) is 1. The molecule has 0 aromatic heterocycles. The van der Waals surface area contributed by atoms with Crippen LogP contribution in [-0.4, -0.2) is 31.1 Å². The Morgan fingerprint density at radius 1 is 1.56 bits per heavy atom. The topological polar surface area (TPSA) is 38.5 Å². The lowest BCUT2D eigenvalue weighted by molar-refractivity contribution is 0.316. The fraction of sp³-hybridized carbons (Fsp3) is 0.500. The molecule has 1 unspecified atom stereocenters. The van der Waals surface area contributed by atoms with Crippen molar-refractivity contribution in [1.29, 1.82) is 0 Å². The van der Waals surface area contributed by atoms with Gasteiger partial charge in [-0.25, -0.2) is 4.39 Å². The second-order valence-corrected chi connectivity index (χ2v) is 4.24. The highest BCUT2D eigenvalue weighted by atomic mass is 19.1. The van der Waals surface area contributed by atoms with Crippen LogP contribution in [-0.2, 0) is 6.54 Å². The first kappa shape index (κ1) is 11.4. The van der Waals surface area contributed by atoms with Crippen LogP contribution in [0.1, 0.15) is 12.0 Å². The first-order valence-electron chi connectivity index (χ1n) is 5.49. The molecule has 0 radical (unpaired) electrons. The van der Waals surface area contributed by atoms with E-state index >= 15 is 0 Å². The maximum absolute atomic E-state index is 13.1. The van der Waals surface area contributed by atoms with E-state index in [-0.39, 0.29) is 11.9 Å². The Morgan fingerprint density at radius 2 is 2.38 bits per heavy atom. The molecule has 1 atom stereocenters. The summed E-state index contributed by atoms with van der Waals surface area (Å²) in [6, 6.07) is 4.86. The van der Waals surface area contributed by atoms with Gasteiger partial charge in [-0.1, -0.05) is 0 Å². The molecule has 0 bridgehead atoms. The first-order chi connectivity index (χ1) is 7.69. The molecule has 1 aliphatic rings. The van der Waals surface area contributed by atoms with Gasteiger partial charge in [0, 0.05) is 31.2 Å². The van der Waals surface area contributed by atoms with Crippen LogP contribution in [0, 0.1) is 5.82 Å². The smallest absolute Gasteiger partial charge is 0.123 e. The van der Waals surface area contributed by atoms with Crippen LogP contribution in [0.4, 0.5) is 4.39 Å². The number of ether oxygens (including phenoxy) is 1. The average molecular weight is 224 g/mol. The van der Waals surface area contributed by atoms with E-state index in [4.69, 9.17) is 10.5 Å². The maximum atomic E-state index is 13.1. The molecular formula is C12H17FN2O. The summed E-state index contributed by atoms with van der Waals surface area (Å²) in [5, 5.41) is 0. The number of likely N-dealkylation sites (tertiary alicyclic amines) is 1. The Hall–Kier alpha value is -1.13. The van der Waals surface area contributed by atoms with Crippen molar-refractivity contribution in [1.82, 2.24) is 4.90 Å². The Bertz CT molecular complexity index is 370. The van der Waals surface area contributed by atoms with Gasteiger partial charge >= 0.3 is 0 Å². The summed E-state index contributed by atoms with van der Waals surface area (Å²) in [6.07, 6.45) is 1.01. The third-order valence-electron chi connectivity index (χ3n) is 2.95. The number of nitrogens with zero attached hydrogens (tertiary/aromatic N) is 1. The van der Waals surface area contributed by atoms with Crippen LogP contribution >= 0.6 is 0 Å². The van der Waals surface area contributed by atoms with Gasteiger partial charge in [0.15, 0.2) is 0 Å². The number of methoxy groups -OCH3 is 1. The van der Waals surface area contributed by atoms with Gasteiger partial charge in [-0.3, -0.25) is 4.90 Å². The molecule has 1 aromatic rings. The Morgan fingerprint density at radius 3 is 3.00 bits per heavy atom. The van der Waals surface area contributed by atoms with Crippen LogP contribution in [0.3, 0.4) is 0 Å². The van der Waals surface area contributed by atoms with Crippen LogP contribution in [0.2, 0.25) is 0 Å². The van der Waals surface area contributed by atoms with Crippen molar-refractivity contribution in [2.24, 2.45) is 5.73 Å². The van der Waals surface area contributed by atoms with Crippen molar-refractivity contribution < 1.29 is 9.13 Å². The van der Waals surface area contributed by atoms with Crippen molar-refractivity contribution in [3.8, 4) is 5.75 Å². The molecule has 2 rings (SSSR count).